The average Bonchev–Trinajstić information content (AvgIpc) is 2.04. The molecule has 2 nitrogen and oxygen atoms in total. The zero-order valence-electron chi connectivity index (χ0n) is 8.58. The van der Waals surface area contributed by atoms with Crippen LogP contribution in [0.15, 0.2) is 0 Å². The van der Waals surface area contributed by atoms with E-state index in [0.29, 0.717) is 0 Å². The Kier molecular flexibility index (Phi) is 4.02. The summed E-state index contributed by atoms with van der Waals surface area (Å²) in [5.74, 6) is 0.803. The van der Waals surface area contributed by atoms with E-state index < -0.39 is 0 Å². The molecule has 0 saturated carbocycles. The highest BCUT2D eigenvalue weighted by Gasteiger charge is 2.22. The molecule has 0 aromatic rings. The van der Waals surface area contributed by atoms with E-state index in [2.05, 4.69) is 24.3 Å². The molecule has 1 rings (SSSR count). The van der Waals surface area contributed by atoms with Crippen molar-refractivity contribution < 1.29 is 0 Å². The summed E-state index contributed by atoms with van der Waals surface area (Å²) >= 11 is 0. The van der Waals surface area contributed by atoms with Crippen molar-refractivity contribution in [2.75, 3.05) is 13.6 Å². The van der Waals surface area contributed by atoms with E-state index in [1.165, 1.54) is 32.2 Å². The third-order valence-electron chi connectivity index (χ3n) is 2.60. The second kappa shape index (κ2) is 4.83. The molecule has 1 atom stereocenters. The van der Waals surface area contributed by atoms with Gasteiger partial charge < -0.3 is 0 Å². The normalized spacial score (nSPS) is 26.5. The molecule has 1 radical (unpaired) electrons. The minimum atomic E-state index is 0.726. The molecule has 1 unspecified atom stereocenters. The van der Waals surface area contributed by atoms with Crippen molar-refractivity contribution in [1.29, 1.82) is 0 Å². The molecule has 1 heterocycles. The van der Waals surface area contributed by atoms with Crippen LogP contribution in [-0.4, -0.2) is 24.6 Å². The lowest BCUT2D eigenvalue weighted by molar-refractivity contribution is 0.0789. The lowest BCUT2D eigenvalue weighted by Gasteiger charge is -2.34. The van der Waals surface area contributed by atoms with Crippen molar-refractivity contribution in [3.63, 3.8) is 0 Å². The molecule has 2 heteroatoms. The molecule has 0 bridgehead atoms. The van der Waals surface area contributed by atoms with E-state index in [9.17, 15) is 0 Å². The van der Waals surface area contributed by atoms with Crippen LogP contribution in [0.2, 0.25) is 0 Å². The Hall–Kier alpha value is -0.0800. The number of hydrogen-bond donors (Lipinski definition) is 0. The molecule has 0 aromatic heterocycles. The molecule has 0 aromatic carbocycles. The lowest BCUT2D eigenvalue weighted by atomic mass is 9.95. The summed E-state index contributed by atoms with van der Waals surface area (Å²) in [6.07, 6.45) is 5.36. The highest BCUT2D eigenvalue weighted by atomic mass is 15.5. The fourth-order valence-corrected chi connectivity index (χ4v) is 2.03. The predicted octanol–water partition coefficient (Wildman–Crippen LogP) is 2.04. The monoisotopic (exact) mass is 169 g/mol. The Bertz CT molecular complexity index is 123. The van der Waals surface area contributed by atoms with Crippen LogP contribution in [-0.2, 0) is 0 Å². The molecular formula is C10H21N2. The van der Waals surface area contributed by atoms with Gasteiger partial charge in [0.25, 0.3) is 0 Å². The molecule has 1 aliphatic rings. The van der Waals surface area contributed by atoms with Crippen molar-refractivity contribution in [1.82, 2.24) is 10.4 Å². The van der Waals surface area contributed by atoms with Crippen molar-refractivity contribution in [2.45, 2.75) is 45.6 Å². The van der Waals surface area contributed by atoms with Gasteiger partial charge in [-0.25, -0.2) is 5.01 Å². The van der Waals surface area contributed by atoms with E-state index in [1.54, 1.807) is 0 Å². The largest absolute Gasteiger partial charge is 0.224 e. The van der Waals surface area contributed by atoms with Gasteiger partial charge in [-0.2, -0.15) is 5.43 Å². The fourth-order valence-electron chi connectivity index (χ4n) is 2.03. The summed E-state index contributed by atoms with van der Waals surface area (Å²) in [5.41, 5.74) is 4.32. The molecule has 71 valence electrons. The summed E-state index contributed by atoms with van der Waals surface area (Å²) in [7, 11) is 1.92. The maximum atomic E-state index is 4.32. The van der Waals surface area contributed by atoms with Crippen LogP contribution >= 0.6 is 0 Å². The highest BCUT2D eigenvalue weighted by molar-refractivity contribution is 4.74. The summed E-state index contributed by atoms with van der Waals surface area (Å²) in [6, 6.07) is 0.726. The van der Waals surface area contributed by atoms with Gasteiger partial charge >= 0.3 is 0 Å². The Morgan fingerprint density at radius 2 is 2.17 bits per heavy atom. The van der Waals surface area contributed by atoms with E-state index >= 15 is 0 Å². The molecule has 1 aliphatic heterocycles. The molecule has 0 N–H and O–H groups in total. The predicted molar refractivity (Wildman–Crippen MR) is 51.9 cm³/mol. The first-order chi connectivity index (χ1) is 5.74. The van der Waals surface area contributed by atoms with Gasteiger partial charge in [0.05, 0.1) is 0 Å². The maximum absolute atomic E-state index is 4.32. The second-order valence-electron chi connectivity index (χ2n) is 4.14. The van der Waals surface area contributed by atoms with Gasteiger partial charge in [-0.3, -0.25) is 0 Å². The maximum Gasteiger partial charge on any atom is 0.0262 e. The van der Waals surface area contributed by atoms with Crippen LogP contribution in [0.5, 0.6) is 0 Å². The van der Waals surface area contributed by atoms with E-state index in [-0.39, 0.29) is 0 Å². The number of hydrogen-bond acceptors (Lipinski definition) is 1. The minimum absolute atomic E-state index is 0.726. The van der Waals surface area contributed by atoms with E-state index in [1.807, 2.05) is 7.05 Å². The Labute approximate surface area is 76.3 Å². The molecular weight excluding hydrogens is 148 g/mol. The molecule has 1 fully saturated rings. The third kappa shape index (κ3) is 2.76. The highest BCUT2D eigenvalue weighted by Crippen LogP contribution is 2.20. The second-order valence-corrected chi connectivity index (χ2v) is 4.14. The van der Waals surface area contributed by atoms with Crippen LogP contribution in [0.1, 0.15) is 39.5 Å². The van der Waals surface area contributed by atoms with E-state index in [4.69, 9.17) is 0 Å². The van der Waals surface area contributed by atoms with E-state index in [0.717, 1.165) is 12.0 Å². The lowest BCUT2D eigenvalue weighted by Crippen LogP contribution is -2.43. The summed E-state index contributed by atoms with van der Waals surface area (Å²) in [6.45, 7) is 5.76. The first kappa shape index (κ1) is 10.0. The van der Waals surface area contributed by atoms with Gasteiger partial charge in [-0.15, -0.1) is 0 Å². The number of rotatable bonds is 3. The van der Waals surface area contributed by atoms with Crippen LogP contribution in [0, 0.1) is 5.92 Å². The van der Waals surface area contributed by atoms with Gasteiger partial charge in [0.2, 0.25) is 0 Å². The smallest absolute Gasteiger partial charge is 0.0262 e. The quantitative estimate of drug-likeness (QED) is 0.632. The van der Waals surface area contributed by atoms with Crippen molar-refractivity contribution in [3.05, 3.63) is 0 Å². The van der Waals surface area contributed by atoms with Crippen LogP contribution in [0.25, 0.3) is 0 Å². The standard InChI is InChI=1S/C10H21N2/c1-9(2)8-10-6-4-5-7-12(10)11-3/h9-10H,4-8H2,1-3H3. The average molecular weight is 169 g/mol. The van der Waals surface area contributed by atoms with Crippen molar-refractivity contribution in [2.24, 2.45) is 5.92 Å². The zero-order chi connectivity index (χ0) is 8.97. The Balaban J connectivity index is 2.36. The van der Waals surface area contributed by atoms with Gasteiger partial charge in [0.15, 0.2) is 0 Å². The summed E-state index contributed by atoms with van der Waals surface area (Å²) < 4.78 is 0. The number of piperidine rings is 1. The minimum Gasteiger partial charge on any atom is -0.224 e. The zero-order valence-corrected chi connectivity index (χ0v) is 8.58. The van der Waals surface area contributed by atoms with Gasteiger partial charge in [0, 0.05) is 19.6 Å². The van der Waals surface area contributed by atoms with Crippen molar-refractivity contribution >= 4 is 0 Å². The van der Waals surface area contributed by atoms with Crippen molar-refractivity contribution in [3.8, 4) is 0 Å². The first-order valence-electron chi connectivity index (χ1n) is 5.10. The Morgan fingerprint density at radius 1 is 1.42 bits per heavy atom. The van der Waals surface area contributed by atoms with Crippen LogP contribution < -0.4 is 5.43 Å². The van der Waals surface area contributed by atoms with Crippen LogP contribution in [0.4, 0.5) is 0 Å². The first-order valence-corrected chi connectivity index (χ1v) is 5.10. The van der Waals surface area contributed by atoms with Crippen LogP contribution in [0.3, 0.4) is 0 Å². The SMILES string of the molecule is C[N]N1CCCCC1CC(C)C. The summed E-state index contributed by atoms with van der Waals surface area (Å²) in [4.78, 5) is 0. The molecule has 12 heavy (non-hydrogen) atoms. The Morgan fingerprint density at radius 3 is 2.75 bits per heavy atom. The molecule has 0 aliphatic carbocycles. The van der Waals surface area contributed by atoms with Gasteiger partial charge in [-0.1, -0.05) is 20.3 Å². The number of nitrogens with zero attached hydrogens (tertiary/aromatic N) is 2. The topological polar surface area (TPSA) is 17.3 Å². The summed E-state index contributed by atoms with van der Waals surface area (Å²) in [5, 5.41) is 2.28. The fraction of sp³-hybridized carbons (Fsp3) is 1.00. The third-order valence-corrected chi connectivity index (χ3v) is 2.60. The van der Waals surface area contributed by atoms with Gasteiger partial charge in [0.1, 0.15) is 0 Å². The van der Waals surface area contributed by atoms with Gasteiger partial charge in [-0.05, 0) is 25.2 Å². The molecule has 0 spiro atoms. The molecule has 0 amide bonds. The molecule has 1 saturated heterocycles.